The fraction of sp³-hybridized carbons (Fsp3) is 0.381. The minimum Gasteiger partial charge on any atom is -0.450 e. The predicted molar refractivity (Wildman–Crippen MR) is 106 cm³/mol. The molecule has 2 aromatic rings. The second-order valence-electron chi connectivity index (χ2n) is 6.91. The van der Waals surface area contributed by atoms with Gasteiger partial charge in [0.05, 0.1) is 12.2 Å². The molecule has 1 fully saturated rings. The monoisotopic (exact) mass is 380 g/mol. The molecule has 7 heteroatoms. The van der Waals surface area contributed by atoms with Crippen LogP contribution in [-0.4, -0.2) is 66.1 Å². The lowest BCUT2D eigenvalue weighted by molar-refractivity contribution is 0.0570. The highest BCUT2D eigenvalue weighted by Gasteiger charge is 2.26. The molecule has 2 amide bonds. The second-order valence-corrected chi connectivity index (χ2v) is 6.91. The van der Waals surface area contributed by atoms with Crippen LogP contribution >= 0.6 is 0 Å². The predicted octanol–water partition coefficient (Wildman–Crippen LogP) is 2.69. The number of rotatable bonds is 3. The third-order valence-corrected chi connectivity index (χ3v) is 5.25. The Balaban J connectivity index is 1.40. The van der Waals surface area contributed by atoms with Gasteiger partial charge >= 0.3 is 6.09 Å². The summed E-state index contributed by atoms with van der Waals surface area (Å²) in [6.45, 7) is 5.02. The number of anilines is 2. The Labute approximate surface area is 164 Å². The van der Waals surface area contributed by atoms with Gasteiger partial charge in [-0.05, 0) is 37.1 Å². The molecule has 2 aliphatic heterocycles. The first-order chi connectivity index (χ1) is 13.7. The standard InChI is InChI=1S/C21H24N4O3/c1-2-28-21(27)24-13-11-23(12-14-24)20(26)17-7-8-19(22-15-17)25-10-9-16-5-3-4-6-18(16)25/h3-8,15H,2,9-14H2,1H3. The maximum atomic E-state index is 12.8. The Kier molecular flexibility index (Phi) is 5.14. The molecule has 0 atom stereocenters. The van der Waals surface area contributed by atoms with Gasteiger partial charge in [0.15, 0.2) is 0 Å². The smallest absolute Gasteiger partial charge is 0.409 e. The molecule has 0 spiro atoms. The van der Waals surface area contributed by atoms with E-state index < -0.39 is 0 Å². The van der Waals surface area contributed by atoms with Gasteiger partial charge in [0.25, 0.3) is 5.91 Å². The van der Waals surface area contributed by atoms with Crippen molar-refractivity contribution in [2.45, 2.75) is 13.3 Å². The molecule has 1 aromatic heterocycles. The van der Waals surface area contributed by atoms with E-state index in [0.29, 0.717) is 38.3 Å². The highest BCUT2D eigenvalue weighted by atomic mass is 16.6. The van der Waals surface area contributed by atoms with Crippen LogP contribution in [0.5, 0.6) is 0 Å². The molecule has 0 saturated carbocycles. The average molecular weight is 380 g/mol. The lowest BCUT2D eigenvalue weighted by Crippen LogP contribution is -2.50. The molecular formula is C21H24N4O3. The summed E-state index contributed by atoms with van der Waals surface area (Å²) in [5.74, 6) is 0.804. The van der Waals surface area contributed by atoms with Crippen LogP contribution in [0.15, 0.2) is 42.6 Å². The van der Waals surface area contributed by atoms with Gasteiger partial charge in [-0.1, -0.05) is 18.2 Å². The molecule has 7 nitrogen and oxygen atoms in total. The van der Waals surface area contributed by atoms with Gasteiger partial charge in [-0.2, -0.15) is 0 Å². The van der Waals surface area contributed by atoms with Crippen LogP contribution in [-0.2, 0) is 11.2 Å². The van der Waals surface area contributed by atoms with E-state index in [1.54, 1.807) is 22.9 Å². The number of hydrogen-bond donors (Lipinski definition) is 0. The van der Waals surface area contributed by atoms with Crippen LogP contribution in [0.4, 0.5) is 16.3 Å². The molecule has 146 valence electrons. The number of para-hydroxylation sites is 1. The number of amides is 2. The van der Waals surface area contributed by atoms with Crippen molar-refractivity contribution in [1.82, 2.24) is 14.8 Å². The maximum absolute atomic E-state index is 12.8. The number of pyridine rings is 1. The van der Waals surface area contributed by atoms with Gasteiger partial charge in [0.1, 0.15) is 5.82 Å². The summed E-state index contributed by atoms with van der Waals surface area (Å²) in [4.78, 5) is 34.7. The first-order valence-electron chi connectivity index (χ1n) is 9.70. The quantitative estimate of drug-likeness (QED) is 0.819. The number of fused-ring (bicyclic) bond motifs is 1. The summed E-state index contributed by atoms with van der Waals surface area (Å²) >= 11 is 0. The highest BCUT2D eigenvalue weighted by Crippen LogP contribution is 2.33. The van der Waals surface area contributed by atoms with Crippen LogP contribution in [0.3, 0.4) is 0 Å². The van der Waals surface area contributed by atoms with E-state index in [0.717, 1.165) is 18.8 Å². The molecule has 0 bridgehead atoms. The van der Waals surface area contributed by atoms with Crippen molar-refractivity contribution < 1.29 is 14.3 Å². The van der Waals surface area contributed by atoms with Crippen molar-refractivity contribution in [2.24, 2.45) is 0 Å². The highest BCUT2D eigenvalue weighted by molar-refractivity contribution is 5.94. The van der Waals surface area contributed by atoms with E-state index in [4.69, 9.17) is 4.74 Å². The van der Waals surface area contributed by atoms with E-state index >= 15 is 0 Å². The van der Waals surface area contributed by atoms with Gasteiger partial charge in [-0.15, -0.1) is 0 Å². The van der Waals surface area contributed by atoms with Crippen LogP contribution < -0.4 is 4.90 Å². The van der Waals surface area contributed by atoms with Crippen molar-refractivity contribution in [3.63, 3.8) is 0 Å². The molecule has 28 heavy (non-hydrogen) atoms. The molecule has 0 N–H and O–H groups in total. The molecule has 1 aromatic carbocycles. The fourth-order valence-electron chi connectivity index (χ4n) is 3.74. The van der Waals surface area contributed by atoms with Crippen molar-refractivity contribution in [3.8, 4) is 0 Å². The fourth-order valence-corrected chi connectivity index (χ4v) is 3.74. The average Bonchev–Trinajstić information content (AvgIpc) is 3.18. The maximum Gasteiger partial charge on any atom is 0.409 e. The zero-order valence-corrected chi connectivity index (χ0v) is 16.0. The zero-order valence-electron chi connectivity index (χ0n) is 16.0. The lowest BCUT2D eigenvalue weighted by Gasteiger charge is -2.34. The van der Waals surface area contributed by atoms with Crippen LogP contribution in [0.25, 0.3) is 0 Å². The second kappa shape index (κ2) is 7.88. The van der Waals surface area contributed by atoms with E-state index in [1.807, 2.05) is 18.2 Å². The van der Waals surface area contributed by atoms with Crippen LogP contribution in [0.1, 0.15) is 22.8 Å². The summed E-state index contributed by atoms with van der Waals surface area (Å²) < 4.78 is 5.02. The Morgan fingerprint density at radius 1 is 1.00 bits per heavy atom. The lowest BCUT2D eigenvalue weighted by atomic mass is 10.2. The Hall–Kier alpha value is -3.09. The molecule has 4 rings (SSSR count). The van der Waals surface area contributed by atoms with Crippen molar-refractivity contribution >= 4 is 23.5 Å². The van der Waals surface area contributed by atoms with Gasteiger partial charge in [0.2, 0.25) is 0 Å². The Morgan fingerprint density at radius 2 is 1.75 bits per heavy atom. The molecule has 0 unspecified atom stereocenters. The molecule has 3 heterocycles. The summed E-state index contributed by atoms with van der Waals surface area (Å²) in [6.07, 6.45) is 2.34. The molecule has 0 radical (unpaired) electrons. The first-order valence-corrected chi connectivity index (χ1v) is 9.70. The third kappa shape index (κ3) is 3.52. The van der Waals surface area contributed by atoms with E-state index in [9.17, 15) is 9.59 Å². The molecule has 0 aliphatic carbocycles. The van der Waals surface area contributed by atoms with Gasteiger partial charge in [0, 0.05) is 44.6 Å². The minimum atomic E-state index is -0.313. The van der Waals surface area contributed by atoms with Crippen molar-refractivity contribution in [3.05, 3.63) is 53.7 Å². The summed E-state index contributed by atoms with van der Waals surface area (Å²) in [6, 6.07) is 12.1. The largest absolute Gasteiger partial charge is 0.450 e. The molecular weight excluding hydrogens is 356 g/mol. The van der Waals surface area contributed by atoms with Gasteiger partial charge in [-0.25, -0.2) is 9.78 Å². The number of hydrogen-bond acceptors (Lipinski definition) is 5. The summed E-state index contributed by atoms with van der Waals surface area (Å²) in [5.41, 5.74) is 3.08. The molecule has 1 saturated heterocycles. The summed E-state index contributed by atoms with van der Waals surface area (Å²) in [7, 11) is 0. The topological polar surface area (TPSA) is 66.0 Å². The SMILES string of the molecule is CCOC(=O)N1CCN(C(=O)c2ccc(N3CCc4ccccc43)nc2)CC1. The Morgan fingerprint density at radius 3 is 2.46 bits per heavy atom. The van der Waals surface area contributed by atoms with E-state index in [2.05, 4.69) is 28.1 Å². The zero-order chi connectivity index (χ0) is 19.5. The Bertz CT molecular complexity index is 860. The third-order valence-electron chi connectivity index (χ3n) is 5.25. The van der Waals surface area contributed by atoms with Crippen LogP contribution in [0.2, 0.25) is 0 Å². The minimum absolute atomic E-state index is 0.0515. The van der Waals surface area contributed by atoms with E-state index in [1.165, 1.54) is 11.3 Å². The number of ether oxygens (including phenoxy) is 1. The van der Waals surface area contributed by atoms with Crippen molar-refractivity contribution in [1.29, 1.82) is 0 Å². The van der Waals surface area contributed by atoms with Gasteiger partial charge in [-0.3, -0.25) is 4.79 Å². The number of nitrogens with zero attached hydrogens (tertiary/aromatic N) is 4. The normalized spacial score (nSPS) is 16.1. The summed E-state index contributed by atoms with van der Waals surface area (Å²) in [5, 5.41) is 0. The number of aromatic nitrogens is 1. The first kappa shape index (κ1) is 18.3. The van der Waals surface area contributed by atoms with E-state index in [-0.39, 0.29) is 12.0 Å². The van der Waals surface area contributed by atoms with Crippen molar-refractivity contribution in [2.75, 3.05) is 44.2 Å². The number of carbonyl (C=O) groups excluding carboxylic acids is 2. The molecule has 2 aliphatic rings. The van der Waals surface area contributed by atoms with Gasteiger partial charge < -0.3 is 19.4 Å². The number of piperazine rings is 1. The number of benzene rings is 1. The van der Waals surface area contributed by atoms with Crippen LogP contribution in [0, 0.1) is 0 Å². The number of carbonyl (C=O) groups is 2.